The maximum Gasteiger partial charge on any atom is 0.256 e. The summed E-state index contributed by atoms with van der Waals surface area (Å²) in [6.45, 7) is 0. The van der Waals surface area contributed by atoms with E-state index in [0.29, 0.717) is 39.9 Å². The van der Waals surface area contributed by atoms with Crippen LogP contribution in [-0.4, -0.2) is 45.2 Å². The summed E-state index contributed by atoms with van der Waals surface area (Å²) < 4.78 is 21.7. The molecule has 4 aromatic rings. The molecule has 1 unspecified atom stereocenters. The van der Waals surface area contributed by atoms with Crippen LogP contribution in [0, 0.1) is 0 Å². The van der Waals surface area contributed by atoms with E-state index < -0.39 is 11.4 Å². The molecular weight excluding hydrogens is 545 g/mol. The number of nitrogens with one attached hydrogen (secondary N) is 2. The zero-order valence-electron chi connectivity index (χ0n) is 21.6. The number of nitrogens with zero attached hydrogens (tertiary/aromatic N) is 1. The molecule has 0 saturated carbocycles. The minimum absolute atomic E-state index is 0.111. The summed E-state index contributed by atoms with van der Waals surface area (Å²) in [6, 6.07) is 13.8. The lowest BCUT2D eigenvalue weighted by molar-refractivity contribution is -0.137. The molecule has 1 aliphatic heterocycles. The number of benzene rings is 3. The van der Waals surface area contributed by atoms with Gasteiger partial charge in [-0.25, -0.2) is 0 Å². The van der Waals surface area contributed by atoms with Crippen LogP contribution in [0.25, 0.3) is 10.9 Å². The first-order chi connectivity index (χ1) is 18.8. The Bertz CT molecular complexity index is 1600. The quantitative estimate of drug-likeness (QED) is 0.261. The van der Waals surface area contributed by atoms with E-state index in [0.717, 1.165) is 10.9 Å². The molecule has 11 heteroatoms. The topological polar surface area (TPSA) is 102 Å². The molecular formula is C28H25Cl2N3O6. The molecule has 2 amide bonds. The van der Waals surface area contributed by atoms with E-state index in [1.54, 1.807) is 24.4 Å². The van der Waals surface area contributed by atoms with Crippen LogP contribution in [-0.2, 0) is 15.1 Å². The Kier molecular flexibility index (Phi) is 6.96. The number of amides is 2. The number of rotatable bonds is 8. The third-order valence-electron chi connectivity index (χ3n) is 6.86. The number of H-pyrrole nitrogens is 1. The Hall–Kier alpha value is -4.08. The number of carbonyl (C=O) groups excluding carboxylic acids is 2. The second kappa shape index (κ2) is 10.2. The van der Waals surface area contributed by atoms with E-state index in [1.807, 2.05) is 24.3 Å². The van der Waals surface area contributed by atoms with Gasteiger partial charge < -0.3 is 29.2 Å². The molecule has 9 nitrogen and oxygen atoms in total. The number of methoxy groups -OCH3 is 4. The largest absolute Gasteiger partial charge is 0.495 e. The van der Waals surface area contributed by atoms with Gasteiger partial charge in [0.1, 0.15) is 23.0 Å². The standard InChI is InChI=1S/C28H25Cl2N3O6/c1-36-22-11-24(38-3)20(9-17(22)29)32-27(35)28(16-14-31-19-8-6-5-7-15(16)19)13-26(34)33(28)21-10-18(30)23(37-2)12-25(21)39-4/h5-12,14,31H,13H2,1-4H3,(H,32,35). The number of carbonyl (C=O) groups is 2. The normalized spacial score (nSPS) is 16.6. The van der Waals surface area contributed by atoms with Crippen molar-refractivity contribution in [2.75, 3.05) is 38.7 Å². The molecule has 0 spiro atoms. The summed E-state index contributed by atoms with van der Waals surface area (Å²) in [7, 11) is 5.90. The van der Waals surface area contributed by atoms with Crippen LogP contribution in [0.5, 0.6) is 23.0 Å². The van der Waals surface area contributed by atoms with Crippen molar-refractivity contribution in [3.8, 4) is 23.0 Å². The predicted molar refractivity (Wildman–Crippen MR) is 150 cm³/mol. The average Bonchev–Trinajstić information content (AvgIpc) is 3.36. The molecule has 2 heterocycles. The van der Waals surface area contributed by atoms with Crippen LogP contribution in [0.1, 0.15) is 12.0 Å². The van der Waals surface area contributed by atoms with E-state index in [4.69, 9.17) is 42.1 Å². The van der Waals surface area contributed by atoms with Crippen molar-refractivity contribution in [3.63, 3.8) is 0 Å². The summed E-state index contributed by atoms with van der Waals surface area (Å²) >= 11 is 12.8. The zero-order valence-corrected chi connectivity index (χ0v) is 23.1. The highest BCUT2D eigenvalue weighted by Gasteiger charge is 2.60. The van der Waals surface area contributed by atoms with Gasteiger partial charge in [-0.1, -0.05) is 41.4 Å². The fourth-order valence-electron chi connectivity index (χ4n) is 4.97. The number of ether oxygens (including phenoxy) is 4. The van der Waals surface area contributed by atoms with Crippen LogP contribution >= 0.6 is 23.2 Å². The van der Waals surface area contributed by atoms with Gasteiger partial charge in [0.25, 0.3) is 5.91 Å². The van der Waals surface area contributed by atoms with Crippen molar-refractivity contribution in [1.82, 2.24) is 4.98 Å². The number of aromatic amines is 1. The number of para-hydroxylation sites is 1. The zero-order chi connectivity index (χ0) is 27.9. The lowest BCUT2D eigenvalue weighted by atomic mass is 9.75. The molecule has 202 valence electrons. The van der Waals surface area contributed by atoms with Crippen molar-refractivity contribution < 1.29 is 28.5 Å². The highest BCUT2D eigenvalue weighted by Crippen LogP contribution is 2.52. The molecule has 0 radical (unpaired) electrons. The Morgan fingerprint density at radius 3 is 2.15 bits per heavy atom. The lowest BCUT2D eigenvalue weighted by Gasteiger charge is -2.50. The first-order valence-corrected chi connectivity index (χ1v) is 12.6. The van der Waals surface area contributed by atoms with Crippen molar-refractivity contribution in [3.05, 3.63) is 70.3 Å². The highest BCUT2D eigenvalue weighted by atomic mass is 35.5. The van der Waals surface area contributed by atoms with Gasteiger partial charge in [0.15, 0.2) is 5.54 Å². The molecule has 1 saturated heterocycles. The molecule has 2 N–H and O–H groups in total. The van der Waals surface area contributed by atoms with Crippen LogP contribution in [0.3, 0.4) is 0 Å². The second-order valence-corrected chi connectivity index (χ2v) is 9.63. The lowest BCUT2D eigenvalue weighted by Crippen LogP contribution is -2.67. The predicted octanol–water partition coefficient (Wildman–Crippen LogP) is 5.78. The average molecular weight is 570 g/mol. The first-order valence-electron chi connectivity index (χ1n) is 11.8. The van der Waals surface area contributed by atoms with E-state index in [1.165, 1.54) is 39.4 Å². The van der Waals surface area contributed by atoms with Crippen LogP contribution in [0.15, 0.2) is 54.7 Å². The maximum absolute atomic E-state index is 14.4. The molecule has 1 aromatic heterocycles. The molecule has 3 aromatic carbocycles. The number of hydrogen-bond donors (Lipinski definition) is 2. The van der Waals surface area contributed by atoms with Crippen molar-refractivity contribution in [1.29, 1.82) is 0 Å². The van der Waals surface area contributed by atoms with E-state index >= 15 is 0 Å². The van der Waals surface area contributed by atoms with Gasteiger partial charge in [0.2, 0.25) is 5.91 Å². The summed E-state index contributed by atoms with van der Waals surface area (Å²) in [5.41, 5.74) is 0.567. The number of aromatic nitrogens is 1. The van der Waals surface area contributed by atoms with Crippen LogP contribution in [0.2, 0.25) is 10.0 Å². The molecule has 0 aliphatic carbocycles. The summed E-state index contributed by atoms with van der Waals surface area (Å²) in [5.74, 6) is 0.614. The minimum Gasteiger partial charge on any atom is -0.495 e. The minimum atomic E-state index is -1.47. The number of hydrogen-bond acceptors (Lipinski definition) is 6. The number of halogens is 2. The van der Waals surface area contributed by atoms with Gasteiger partial charge in [-0.05, 0) is 18.2 Å². The van der Waals surface area contributed by atoms with Crippen LogP contribution < -0.4 is 29.2 Å². The molecule has 39 heavy (non-hydrogen) atoms. The van der Waals surface area contributed by atoms with E-state index in [-0.39, 0.29) is 22.4 Å². The van der Waals surface area contributed by atoms with Crippen molar-refractivity contribution >= 4 is 57.3 Å². The molecule has 1 fully saturated rings. The molecule has 1 atom stereocenters. The van der Waals surface area contributed by atoms with E-state index in [2.05, 4.69) is 10.3 Å². The number of β-lactam (4-membered cyclic amide) rings is 1. The molecule has 1 aliphatic rings. The van der Waals surface area contributed by atoms with Gasteiger partial charge in [-0.3, -0.25) is 14.5 Å². The SMILES string of the molecule is COc1cc(OC)c(NC(=O)C2(c3c[nH]c4ccccc34)CC(=O)N2c2cc(Cl)c(OC)cc2OC)cc1Cl. The maximum atomic E-state index is 14.4. The second-order valence-electron chi connectivity index (χ2n) is 8.81. The Morgan fingerprint density at radius 2 is 1.51 bits per heavy atom. The Morgan fingerprint density at radius 1 is 0.897 bits per heavy atom. The summed E-state index contributed by atoms with van der Waals surface area (Å²) in [6.07, 6.45) is 1.62. The van der Waals surface area contributed by atoms with E-state index in [9.17, 15) is 9.59 Å². The van der Waals surface area contributed by atoms with Crippen molar-refractivity contribution in [2.24, 2.45) is 0 Å². The highest BCUT2D eigenvalue weighted by molar-refractivity contribution is 6.33. The summed E-state index contributed by atoms with van der Waals surface area (Å²) in [4.78, 5) is 32.4. The third-order valence-corrected chi connectivity index (χ3v) is 7.46. The molecule has 0 bridgehead atoms. The molecule has 5 rings (SSSR count). The Balaban J connectivity index is 1.70. The van der Waals surface area contributed by atoms with Gasteiger partial charge in [-0.2, -0.15) is 0 Å². The van der Waals surface area contributed by atoms with Gasteiger partial charge >= 0.3 is 0 Å². The first kappa shape index (κ1) is 26.5. The number of anilines is 2. The van der Waals surface area contributed by atoms with Gasteiger partial charge in [0, 0.05) is 34.8 Å². The smallest absolute Gasteiger partial charge is 0.256 e. The fraction of sp³-hybridized carbons (Fsp3) is 0.214. The van der Waals surface area contributed by atoms with Crippen molar-refractivity contribution in [2.45, 2.75) is 12.0 Å². The monoisotopic (exact) mass is 569 g/mol. The van der Waals surface area contributed by atoms with Gasteiger partial charge in [0.05, 0.1) is 56.3 Å². The van der Waals surface area contributed by atoms with Crippen LogP contribution in [0.4, 0.5) is 11.4 Å². The summed E-state index contributed by atoms with van der Waals surface area (Å²) in [5, 5.41) is 4.25. The Labute approximate surface area is 234 Å². The fourth-order valence-corrected chi connectivity index (χ4v) is 5.45. The van der Waals surface area contributed by atoms with Gasteiger partial charge in [-0.15, -0.1) is 0 Å². The number of fused-ring (bicyclic) bond motifs is 1. The third kappa shape index (κ3) is 4.18.